The number of fused-ring (bicyclic) bond motifs is 6. The molecule has 2 heteroatoms. The van der Waals surface area contributed by atoms with Crippen LogP contribution in [0.25, 0.3) is 72.0 Å². The van der Waals surface area contributed by atoms with E-state index in [1.807, 2.05) is 0 Å². The molecule has 11 aromatic carbocycles. The molecule has 69 heavy (non-hydrogen) atoms. The highest BCUT2D eigenvalue weighted by Gasteiger charge is 2.46. The van der Waals surface area contributed by atoms with Crippen molar-refractivity contribution in [3.05, 3.63) is 301 Å². The van der Waals surface area contributed by atoms with Crippen LogP contribution in [0.4, 0.5) is 17.1 Å². The summed E-state index contributed by atoms with van der Waals surface area (Å²) in [7, 11) is 0. The Hall–Kier alpha value is -8.98. The fourth-order valence-corrected chi connectivity index (χ4v) is 11.1. The lowest BCUT2D eigenvalue weighted by Gasteiger charge is -2.35. The molecular weight excluding hydrogens is 833 g/mol. The fourth-order valence-electron chi connectivity index (χ4n) is 11.1. The van der Waals surface area contributed by atoms with Gasteiger partial charge >= 0.3 is 0 Å². The number of nitrogens with zero attached hydrogens (tertiary/aromatic N) is 2. The Labute approximate surface area is 403 Å². The van der Waals surface area contributed by atoms with E-state index < -0.39 is 5.41 Å². The SMILES string of the molecule is c1ccc(-c2ccc(N(c3ccccc3)c3ccc4c(c3)C(c3ccccc3)(c3ccccc3)c3cc(-c5ccc6c(c5)c5ccccc5n6-c5cccc(-c6ccccc6)c5)ccc3-4)cc2)cc1. The minimum Gasteiger partial charge on any atom is -0.310 e. The predicted molar refractivity (Wildman–Crippen MR) is 289 cm³/mol. The Morgan fingerprint density at radius 3 is 1.41 bits per heavy atom. The molecule has 0 atom stereocenters. The summed E-state index contributed by atoms with van der Waals surface area (Å²) in [6.07, 6.45) is 0. The average molecular weight is 879 g/mol. The lowest BCUT2D eigenvalue weighted by molar-refractivity contribution is 0.768. The van der Waals surface area contributed by atoms with Crippen molar-refractivity contribution in [1.29, 1.82) is 0 Å². The monoisotopic (exact) mass is 878 g/mol. The van der Waals surface area contributed by atoms with Gasteiger partial charge in [0.25, 0.3) is 0 Å². The van der Waals surface area contributed by atoms with E-state index >= 15 is 0 Å². The second-order valence-corrected chi connectivity index (χ2v) is 18.1. The van der Waals surface area contributed by atoms with Crippen LogP contribution >= 0.6 is 0 Å². The molecule has 0 aliphatic heterocycles. The Bertz CT molecular complexity index is 3760. The highest BCUT2D eigenvalue weighted by molar-refractivity contribution is 6.10. The van der Waals surface area contributed by atoms with E-state index in [2.05, 4.69) is 289 Å². The number of rotatable bonds is 9. The first kappa shape index (κ1) is 40.3. The van der Waals surface area contributed by atoms with Crippen LogP contribution in [0.3, 0.4) is 0 Å². The maximum atomic E-state index is 2.48. The molecule has 2 nitrogen and oxygen atoms in total. The van der Waals surface area contributed by atoms with Crippen molar-refractivity contribution in [2.45, 2.75) is 5.41 Å². The third-order valence-corrected chi connectivity index (χ3v) is 14.3. The summed E-state index contributed by atoms with van der Waals surface area (Å²) in [4.78, 5) is 2.40. The zero-order valence-corrected chi connectivity index (χ0v) is 38.0. The molecule has 0 spiro atoms. The van der Waals surface area contributed by atoms with Gasteiger partial charge in [-0.25, -0.2) is 0 Å². The van der Waals surface area contributed by atoms with Crippen LogP contribution in [0.5, 0.6) is 0 Å². The largest absolute Gasteiger partial charge is 0.310 e. The van der Waals surface area contributed by atoms with E-state index in [1.165, 1.54) is 88.6 Å². The Balaban J connectivity index is 0.987. The molecule has 13 rings (SSSR count). The second-order valence-electron chi connectivity index (χ2n) is 18.1. The smallest absolute Gasteiger partial charge is 0.0714 e. The van der Waals surface area contributed by atoms with Gasteiger partial charge in [0, 0.05) is 33.5 Å². The normalized spacial score (nSPS) is 12.5. The third kappa shape index (κ3) is 6.72. The zero-order valence-electron chi connectivity index (χ0n) is 38.0. The van der Waals surface area contributed by atoms with Crippen molar-refractivity contribution in [2.75, 3.05) is 4.90 Å². The van der Waals surface area contributed by atoms with Crippen molar-refractivity contribution in [2.24, 2.45) is 0 Å². The van der Waals surface area contributed by atoms with E-state index in [9.17, 15) is 0 Å². The van der Waals surface area contributed by atoms with Crippen LogP contribution in [0.2, 0.25) is 0 Å². The van der Waals surface area contributed by atoms with Crippen molar-refractivity contribution < 1.29 is 0 Å². The summed E-state index contributed by atoms with van der Waals surface area (Å²) in [6, 6.07) is 102. The summed E-state index contributed by atoms with van der Waals surface area (Å²) >= 11 is 0. The molecule has 0 unspecified atom stereocenters. The second kappa shape index (κ2) is 16.7. The van der Waals surface area contributed by atoms with Crippen LogP contribution in [0, 0.1) is 0 Å². The van der Waals surface area contributed by atoms with Crippen molar-refractivity contribution in [3.8, 4) is 50.2 Å². The maximum Gasteiger partial charge on any atom is 0.0714 e. The first-order valence-corrected chi connectivity index (χ1v) is 23.8. The molecule has 0 fully saturated rings. The molecule has 0 saturated heterocycles. The molecule has 0 amide bonds. The van der Waals surface area contributed by atoms with Gasteiger partial charge in [0.15, 0.2) is 0 Å². The highest BCUT2D eigenvalue weighted by atomic mass is 15.1. The maximum absolute atomic E-state index is 2.48. The first-order chi connectivity index (χ1) is 34.2. The van der Waals surface area contributed by atoms with Gasteiger partial charge in [0.2, 0.25) is 0 Å². The average Bonchev–Trinajstić information content (AvgIpc) is 3.92. The summed E-state index contributed by atoms with van der Waals surface area (Å²) < 4.78 is 2.42. The molecule has 0 bridgehead atoms. The number of aromatic nitrogens is 1. The molecule has 0 radical (unpaired) electrons. The molecule has 1 aromatic heterocycles. The number of anilines is 3. The van der Waals surface area contributed by atoms with Gasteiger partial charge in [-0.3, -0.25) is 0 Å². The van der Waals surface area contributed by atoms with E-state index in [1.54, 1.807) is 0 Å². The van der Waals surface area contributed by atoms with Gasteiger partial charge in [-0.05, 0) is 140 Å². The Morgan fingerprint density at radius 1 is 0.275 bits per heavy atom. The Kier molecular flexibility index (Phi) is 9.77. The third-order valence-electron chi connectivity index (χ3n) is 14.3. The molecule has 1 heterocycles. The van der Waals surface area contributed by atoms with E-state index in [0.29, 0.717) is 0 Å². The van der Waals surface area contributed by atoms with Crippen LogP contribution in [0.1, 0.15) is 22.3 Å². The van der Waals surface area contributed by atoms with E-state index in [0.717, 1.165) is 22.7 Å². The van der Waals surface area contributed by atoms with Crippen LogP contribution in [-0.2, 0) is 5.41 Å². The van der Waals surface area contributed by atoms with Gasteiger partial charge in [-0.15, -0.1) is 0 Å². The topological polar surface area (TPSA) is 8.17 Å². The highest BCUT2D eigenvalue weighted by Crippen LogP contribution is 2.58. The van der Waals surface area contributed by atoms with Crippen molar-refractivity contribution in [3.63, 3.8) is 0 Å². The minimum atomic E-state index is -0.609. The first-order valence-electron chi connectivity index (χ1n) is 23.8. The molecule has 1 aliphatic carbocycles. The lowest BCUT2D eigenvalue weighted by atomic mass is 9.67. The lowest BCUT2D eigenvalue weighted by Crippen LogP contribution is -2.28. The number of benzene rings is 11. The van der Waals surface area contributed by atoms with E-state index in [-0.39, 0.29) is 0 Å². The number of hydrogen-bond acceptors (Lipinski definition) is 1. The van der Waals surface area contributed by atoms with E-state index in [4.69, 9.17) is 0 Å². The van der Waals surface area contributed by atoms with Gasteiger partial charge in [0.05, 0.1) is 16.4 Å². The Morgan fingerprint density at radius 2 is 0.725 bits per heavy atom. The minimum absolute atomic E-state index is 0.609. The van der Waals surface area contributed by atoms with Crippen molar-refractivity contribution in [1.82, 2.24) is 4.57 Å². The summed E-state index contributed by atoms with van der Waals surface area (Å²) in [5, 5.41) is 2.47. The zero-order chi connectivity index (χ0) is 45.7. The van der Waals surface area contributed by atoms with Crippen LogP contribution < -0.4 is 4.90 Å². The van der Waals surface area contributed by atoms with Gasteiger partial charge in [-0.1, -0.05) is 206 Å². The quantitative estimate of drug-likeness (QED) is 0.140. The van der Waals surface area contributed by atoms with Crippen LogP contribution in [0.15, 0.2) is 279 Å². The van der Waals surface area contributed by atoms with Gasteiger partial charge in [0.1, 0.15) is 0 Å². The standard InChI is InChI=1S/C67H46N2/c1-6-19-47(20-7-1)49-33-37-56(38-34-49)68(55-28-14-5-15-29-55)58-39-41-60-59-40-35-52(45-63(59)67(64(60)46-58,53-24-10-3-11-25-53)54-26-12-4-13-27-54)51-36-42-66-62(44-51)61-31-16-17-32-65(61)69(66)57-30-18-23-50(43-57)48-21-8-2-9-22-48/h1-46H. The molecule has 1 aliphatic rings. The fraction of sp³-hybridized carbons (Fsp3) is 0.0149. The van der Waals surface area contributed by atoms with Crippen LogP contribution in [-0.4, -0.2) is 4.57 Å². The molecule has 0 saturated carbocycles. The molecular formula is C67H46N2. The molecule has 0 N–H and O–H groups in total. The summed E-state index contributed by atoms with van der Waals surface area (Å²) in [5.41, 5.74) is 20.9. The van der Waals surface area contributed by atoms with Gasteiger partial charge in [-0.2, -0.15) is 0 Å². The predicted octanol–water partition coefficient (Wildman–Crippen LogP) is 17.6. The van der Waals surface area contributed by atoms with Gasteiger partial charge < -0.3 is 9.47 Å². The summed E-state index contributed by atoms with van der Waals surface area (Å²) in [5.74, 6) is 0. The number of hydrogen-bond donors (Lipinski definition) is 0. The number of para-hydroxylation sites is 2. The molecule has 12 aromatic rings. The summed E-state index contributed by atoms with van der Waals surface area (Å²) in [6.45, 7) is 0. The van der Waals surface area contributed by atoms with Crippen molar-refractivity contribution >= 4 is 38.9 Å². The molecule has 324 valence electrons.